The van der Waals surface area contributed by atoms with Crippen LogP contribution < -0.4 is 16.4 Å². The Labute approximate surface area is 317 Å². The molecule has 10 atom stereocenters. The smallest absolute Gasteiger partial charge is 0.335 e. The second-order valence-electron chi connectivity index (χ2n) is 19.4. The number of carbonyl (C=O) groups is 2. The molecule has 5 aliphatic carbocycles. The summed E-state index contributed by atoms with van der Waals surface area (Å²) in [4.78, 5) is 27.7. The Hall–Kier alpha value is -3.00. The molecule has 0 aromatic heterocycles. The monoisotopic (exact) mass is 720 g/mol. The van der Waals surface area contributed by atoms with Crippen LogP contribution in [0.1, 0.15) is 120 Å². The van der Waals surface area contributed by atoms with Crippen LogP contribution in [0.3, 0.4) is 0 Å². The molecule has 5 fully saturated rings. The summed E-state index contributed by atoms with van der Waals surface area (Å²) in [6, 6.07) is 18.7. The first-order valence-electron chi connectivity index (χ1n) is 20.9. The molecule has 1 amide bonds. The summed E-state index contributed by atoms with van der Waals surface area (Å²) < 4.78 is 0. The number of nitrogens with one attached hydrogen (secondary N) is 2. The molecular weight excluding hydrogens is 657 g/mol. The normalized spacial score (nSPS) is 38.9. The number of rotatable bonds is 9. The molecule has 7 nitrogen and oxygen atoms in total. The number of carboxylic acid groups (broad SMARTS) is 1. The zero-order valence-corrected chi connectivity index (χ0v) is 32.7. The number of aromatic carboxylic acids is 1. The summed E-state index contributed by atoms with van der Waals surface area (Å²) in [6.45, 7) is 13.2. The first-order chi connectivity index (χ1) is 25.3. The van der Waals surface area contributed by atoms with Gasteiger partial charge in [-0.15, -0.1) is 0 Å². The quantitative estimate of drug-likeness (QED) is 0.210. The predicted octanol–water partition coefficient (Wildman–Crippen LogP) is 7.90. The Morgan fingerprint density at radius 1 is 0.868 bits per heavy atom. The highest BCUT2D eigenvalue weighted by Crippen LogP contribution is 2.72. The molecule has 2 aromatic rings. The van der Waals surface area contributed by atoms with Gasteiger partial charge in [0.15, 0.2) is 0 Å². The lowest BCUT2D eigenvalue weighted by Gasteiger charge is -2.68. The van der Waals surface area contributed by atoms with Crippen LogP contribution in [0.25, 0.3) is 5.57 Å². The second kappa shape index (κ2) is 13.9. The molecule has 1 aliphatic heterocycles. The van der Waals surface area contributed by atoms with E-state index < -0.39 is 5.97 Å². The van der Waals surface area contributed by atoms with Crippen molar-refractivity contribution < 1.29 is 14.7 Å². The van der Waals surface area contributed by atoms with E-state index in [1.165, 1.54) is 61.6 Å². The molecule has 1 saturated heterocycles. The summed E-state index contributed by atoms with van der Waals surface area (Å²) in [6.07, 6.45) is 15.7. The number of carboxylic acids is 1. The first kappa shape index (κ1) is 36.9. The van der Waals surface area contributed by atoms with Crippen LogP contribution >= 0.6 is 0 Å². The maximum Gasteiger partial charge on any atom is 0.335 e. The van der Waals surface area contributed by atoms with E-state index in [-0.39, 0.29) is 28.3 Å². The van der Waals surface area contributed by atoms with Gasteiger partial charge in [-0.3, -0.25) is 9.69 Å². The van der Waals surface area contributed by atoms with Crippen molar-refractivity contribution in [1.29, 1.82) is 0 Å². The molecule has 8 rings (SSSR count). The minimum absolute atomic E-state index is 0.0192. The average molecular weight is 721 g/mol. The van der Waals surface area contributed by atoms with Crippen molar-refractivity contribution in [2.24, 2.45) is 51.6 Å². The highest BCUT2D eigenvalue weighted by molar-refractivity contribution is 5.88. The van der Waals surface area contributed by atoms with Crippen LogP contribution in [0.5, 0.6) is 0 Å². The largest absolute Gasteiger partial charge is 0.478 e. The second-order valence-corrected chi connectivity index (χ2v) is 19.4. The van der Waals surface area contributed by atoms with Gasteiger partial charge in [-0.2, -0.15) is 0 Å². The highest BCUT2D eigenvalue weighted by atomic mass is 16.4. The number of likely N-dealkylation sites (tertiary alicyclic amines) is 1. The molecule has 286 valence electrons. The molecular formula is C46H64N4O3. The van der Waals surface area contributed by atoms with Gasteiger partial charge in [-0.05, 0) is 139 Å². The zero-order chi connectivity index (χ0) is 37.2. The van der Waals surface area contributed by atoms with Gasteiger partial charge >= 0.3 is 5.97 Å². The van der Waals surface area contributed by atoms with Gasteiger partial charge in [-0.1, -0.05) is 82.7 Å². The van der Waals surface area contributed by atoms with Crippen molar-refractivity contribution in [1.82, 2.24) is 15.5 Å². The van der Waals surface area contributed by atoms with Gasteiger partial charge in [-0.25, -0.2) is 4.79 Å². The maximum absolute atomic E-state index is 13.7. The molecule has 1 heterocycles. The minimum Gasteiger partial charge on any atom is -0.478 e. The molecule has 5 N–H and O–H groups in total. The van der Waals surface area contributed by atoms with E-state index in [1.54, 1.807) is 12.1 Å². The standard InChI is InChI=1S/C46H64N4O3/c1-43(2)36(31-12-14-32(15-13-31)42(52)53)18-22-45(4)39(43)20-23-44(3)37-19-24-46(21-8-11-38(46)35(37)16-17-40(44)45)49-41(51)27-48-26-34-25-33(47)29-50(34)28-30-9-6-5-7-10-30/h5-7,9-10,12-15,18,33-35,37-40,48H,8,11,16-17,19-29,47H2,1-4H3,(H,49,51)(H,52,53)/t33?,34?,35-,37?,38+,39?,40?,44-,45-,46-/m0/s1. The Morgan fingerprint density at radius 2 is 1.64 bits per heavy atom. The van der Waals surface area contributed by atoms with Crippen molar-refractivity contribution in [3.05, 3.63) is 77.4 Å². The van der Waals surface area contributed by atoms with E-state index in [1.807, 2.05) is 12.1 Å². The van der Waals surface area contributed by atoms with Crippen molar-refractivity contribution in [2.45, 2.75) is 122 Å². The highest BCUT2D eigenvalue weighted by Gasteiger charge is 2.65. The average Bonchev–Trinajstić information content (AvgIpc) is 3.70. The lowest BCUT2D eigenvalue weighted by Crippen LogP contribution is -2.64. The first-order valence-corrected chi connectivity index (χ1v) is 20.9. The van der Waals surface area contributed by atoms with Crippen molar-refractivity contribution in [3.63, 3.8) is 0 Å². The summed E-state index contributed by atoms with van der Waals surface area (Å²) in [5, 5.41) is 16.7. The number of benzene rings is 2. The number of fused-ring (bicyclic) bond motifs is 7. The van der Waals surface area contributed by atoms with Crippen LogP contribution in [0.2, 0.25) is 0 Å². The Kier molecular flexibility index (Phi) is 9.72. The third-order valence-corrected chi connectivity index (χ3v) is 16.4. The fourth-order valence-corrected chi connectivity index (χ4v) is 14.2. The van der Waals surface area contributed by atoms with E-state index in [0.717, 1.165) is 51.2 Å². The van der Waals surface area contributed by atoms with E-state index in [4.69, 9.17) is 5.73 Å². The van der Waals surface area contributed by atoms with E-state index in [9.17, 15) is 14.7 Å². The van der Waals surface area contributed by atoms with Crippen molar-refractivity contribution in [3.8, 4) is 0 Å². The third-order valence-electron chi connectivity index (χ3n) is 16.4. The van der Waals surface area contributed by atoms with Gasteiger partial charge in [0.2, 0.25) is 5.91 Å². The molecule has 2 aromatic carbocycles. The number of carbonyl (C=O) groups excluding carboxylic acids is 1. The van der Waals surface area contributed by atoms with Gasteiger partial charge in [0.1, 0.15) is 0 Å². The molecule has 6 aliphatic rings. The lowest BCUT2D eigenvalue weighted by atomic mass is 9.37. The van der Waals surface area contributed by atoms with Crippen LogP contribution in [-0.2, 0) is 11.3 Å². The van der Waals surface area contributed by atoms with Crippen LogP contribution in [0.4, 0.5) is 0 Å². The Bertz CT molecular complexity index is 1710. The topological polar surface area (TPSA) is 108 Å². The number of hydrogen-bond donors (Lipinski definition) is 4. The number of nitrogens with two attached hydrogens (primary N) is 1. The summed E-state index contributed by atoms with van der Waals surface area (Å²) >= 11 is 0. The van der Waals surface area contributed by atoms with Gasteiger partial charge in [0.25, 0.3) is 0 Å². The number of amides is 1. The van der Waals surface area contributed by atoms with E-state index >= 15 is 0 Å². The molecule has 7 heteroatoms. The van der Waals surface area contributed by atoms with E-state index in [0.29, 0.717) is 47.2 Å². The zero-order valence-electron chi connectivity index (χ0n) is 32.7. The van der Waals surface area contributed by atoms with Crippen LogP contribution in [-0.4, -0.2) is 59.1 Å². The van der Waals surface area contributed by atoms with Crippen LogP contribution in [0, 0.1) is 45.8 Å². The summed E-state index contributed by atoms with van der Waals surface area (Å²) in [5.74, 6) is 2.60. The summed E-state index contributed by atoms with van der Waals surface area (Å²) in [5.41, 5.74) is 11.2. The van der Waals surface area contributed by atoms with Gasteiger partial charge < -0.3 is 21.5 Å². The van der Waals surface area contributed by atoms with Gasteiger partial charge in [0, 0.05) is 37.3 Å². The Balaban J connectivity index is 0.922. The lowest BCUT2D eigenvalue weighted by molar-refractivity contribution is -0.173. The van der Waals surface area contributed by atoms with E-state index in [2.05, 4.69) is 79.6 Å². The SMILES string of the molecule is CC1(C)C(c2ccc(C(=O)O)cc2)=CC[C@@]2(C)C1CC[C@@]1(C)C3CC[C@@]4(NC(=O)CNCC5CC(N)CN5Cc5ccccc5)CCC[C@@H]4[C@H]3CCC12. The van der Waals surface area contributed by atoms with Crippen LogP contribution in [0.15, 0.2) is 60.7 Å². The van der Waals surface area contributed by atoms with Crippen molar-refractivity contribution >= 4 is 17.4 Å². The minimum atomic E-state index is -0.868. The molecule has 5 unspecified atom stereocenters. The maximum atomic E-state index is 13.7. The molecule has 0 spiro atoms. The number of nitrogens with zero attached hydrogens (tertiary/aromatic N) is 1. The number of hydrogen-bond acceptors (Lipinski definition) is 5. The summed E-state index contributed by atoms with van der Waals surface area (Å²) in [7, 11) is 0. The predicted molar refractivity (Wildman–Crippen MR) is 212 cm³/mol. The molecule has 53 heavy (non-hydrogen) atoms. The molecule has 0 radical (unpaired) electrons. The van der Waals surface area contributed by atoms with Crippen molar-refractivity contribution in [2.75, 3.05) is 19.6 Å². The molecule has 0 bridgehead atoms. The fraction of sp³-hybridized carbons (Fsp3) is 0.652. The Morgan fingerprint density at radius 3 is 2.40 bits per heavy atom. The van der Waals surface area contributed by atoms with Gasteiger partial charge in [0.05, 0.1) is 12.1 Å². The fourth-order valence-electron chi connectivity index (χ4n) is 14.2. The molecule has 4 saturated carbocycles. The number of allylic oxidation sites excluding steroid dienone is 2. The third kappa shape index (κ3) is 6.40.